The number of aliphatic imine (C=N–C) groups is 1. The summed E-state index contributed by atoms with van der Waals surface area (Å²) in [5, 5.41) is 22.0. The molecule has 1 aromatic carbocycles. The fourth-order valence-electron chi connectivity index (χ4n) is 4.95. The second-order valence-electron chi connectivity index (χ2n) is 8.69. The first-order valence-corrected chi connectivity index (χ1v) is 10.7. The average Bonchev–Trinajstić information content (AvgIpc) is 2.76. The minimum atomic E-state index is -1.66. The van der Waals surface area contributed by atoms with E-state index < -0.39 is 13.1 Å². The zero-order valence-electron chi connectivity index (χ0n) is 18.0. The van der Waals surface area contributed by atoms with Gasteiger partial charge >= 0.3 is 7.12 Å². The summed E-state index contributed by atoms with van der Waals surface area (Å²) in [6.07, 6.45) is 7.21. The number of fused-ring (bicyclic) bond motifs is 3. The lowest BCUT2D eigenvalue weighted by atomic mass is 9.56. The van der Waals surface area contributed by atoms with E-state index in [-0.39, 0.29) is 35.3 Å². The van der Waals surface area contributed by atoms with Gasteiger partial charge in [0.05, 0.1) is 11.5 Å². The fourth-order valence-corrected chi connectivity index (χ4v) is 4.95. The van der Waals surface area contributed by atoms with Crippen LogP contribution in [0.15, 0.2) is 29.3 Å². The second-order valence-corrected chi connectivity index (χ2v) is 8.69. The summed E-state index contributed by atoms with van der Waals surface area (Å²) < 4.78 is 5.79. The van der Waals surface area contributed by atoms with E-state index >= 15 is 0 Å². The molecule has 3 aliphatic rings. The van der Waals surface area contributed by atoms with Crippen molar-refractivity contribution in [2.24, 2.45) is 16.5 Å². The first-order valence-electron chi connectivity index (χ1n) is 10.7. The van der Waals surface area contributed by atoms with Crippen molar-refractivity contribution in [1.82, 2.24) is 5.32 Å². The molecular weight excluding hydrogens is 419 g/mol. The molecule has 1 atom stereocenters. The Bertz CT molecular complexity index is 764. The third-order valence-corrected chi connectivity index (χ3v) is 6.99. The molecule has 3 fully saturated rings. The quantitative estimate of drug-likeness (QED) is 0.165. The number of amides is 1. The van der Waals surface area contributed by atoms with Gasteiger partial charge in [-0.1, -0.05) is 12.1 Å². The molecule has 0 saturated heterocycles. The summed E-state index contributed by atoms with van der Waals surface area (Å²) in [7, 11) is 0.154. The first-order chi connectivity index (χ1) is 14.3. The molecule has 172 valence electrons. The van der Waals surface area contributed by atoms with Crippen LogP contribution in [0, 0.1) is 0 Å². The number of carbonyl (C=O) groups is 1. The Balaban J connectivity index is 0.00000341. The molecule has 4 rings (SSSR count). The van der Waals surface area contributed by atoms with Gasteiger partial charge in [-0.25, -0.2) is 0 Å². The first kappa shape index (κ1) is 25.5. The van der Waals surface area contributed by atoms with Crippen molar-refractivity contribution in [2.45, 2.75) is 68.3 Å². The number of methoxy groups -OCH3 is 1. The maximum Gasteiger partial charge on any atom is 0.475 e. The molecule has 1 aromatic rings. The van der Waals surface area contributed by atoms with Crippen LogP contribution in [0.4, 0.5) is 0 Å². The van der Waals surface area contributed by atoms with Crippen LogP contribution in [0.3, 0.4) is 0 Å². The number of nitrogens with two attached hydrogens (primary N) is 2. The van der Waals surface area contributed by atoms with Crippen molar-refractivity contribution in [1.29, 1.82) is 0 Å². The number of hydrogen-bond acceptors (Lipinski definition) is 5. The smallest absolute Gasteiger partial charge is 0.426 e. The zero-order chi connectivity index (χ0) is 21.8. The summed E-state index contributed by atoms with van der Waals surface area (Å²) in [6, 6.07) is 7.74. The maximum absolute atomic E-state index is 12.8. The maximum atomic E-state index is 12.8. The molecule has 1 amide bonds. The van der Waals surface area contributed by atoms with Gasteiger partial charge < -0.3 is 31.6 Å². The van der Waals surface area contributed by atoms with E-state index in [0.717, 1.165) is 38.5 Å². The molecule has 7 N–H and O–H groups in total. The number of guanidine groups is 1. The third kappa shape index (κ3) is 5.91. The van der Waals surface area contributed by atoms with E-state index in [2.05, 4.69) is 16.4 Å². The Labute approximate surface area is 190 Å². The summed E-state index contributed by atoms with van der Waals surface area (Å²) in [4.78, 5) is 16.7. The van der Waals surface area contributed by atoms with Crippen molar-refractivity contribution in [3.63, 3.8) is 0 Å². The lowest BCUT2D eigenvalue weighted by Crippen LogP contribution is -2.49. The van der Waals surface area contributed by atoms with Crippen LogP contribution < -0.4 is 16.8 Å². The number of nitrogens with zero attached hydrogens (tertiary/aromatic N) is 1. The fraction of sp³-hybridized carbons (Fsp3) is 0.619. The van der Waals surface area contributed by atoms with Crippen LogP contribution in [0.5, 0.6) is 0 Å². The van der Waals surface area contributed by atoms with Gasteiger partial charge in [0.1, 0.15) is 0 Å². The largest absolute Gasteiger partial charge is 0.475 e. The highest BCUT2D eigenvalue weighted by molar-refractivity contribution is 6.43. The number of rotatable bonds is 9. The number of ether oxygens (including phenoxy) is 1. The molecular formula is C21H34BClN4O4. The van der Waals surface area contributed by atoms with E-state index in [9.17, 15) is 14.8 Å². The van der Waals surface area contributed by atoms with Crippen molar-refractivity contribution in [3.05, 3.63) is 35.4 Å². The van der Waals surface area contributed by atoms with Gasteiger partial charge in [0, 0.05) is 19.2 Å². The number of hydrogen-bond donors (Lipinski definition) is 5. The predicted molar refractivity (Wildman–Crippen MR) is 124 cm³/mol. The summed E-state index contributed by atoms with van der Waals surface area (Å²) in [5.74, 6) is -1.12. The molecule has 0 spiro atoms. The Kier molecular flexibility index (Phi) is 8.77. The zero-order valence-corrected chi connectivity index (χ0v) is 18.9. The second kappa shape index (κ2) is 10.7. The van der Waals surface area contributed by atoms with E-state index in [1.54, 1.807) is 6.07 Å². The molecule has 0 radical (unpaired) electrons. The van der Waals surface area contributed by atoms with E-state index in [1.165, 1.54) is 5.56 Å². The van der Waals surface area contributed by atoms with E-state index in [4.69, 9.17) is 16.2 Å². The standard InChI is InChI=1S/C21H33BN4O4.ClH/c1-30-21-10-7-20(8-11-21,9-12-21)16-5-2-4-15(14-16)18(27)26-17(22(28)29)6-3-13-25-19(23)24;/h2,4-5,14,17,28-29H,3,6-13H2,1H3,(H,26,27)(H4,23,24,25);1H/t17-,20?,21?;/m0./s1. The molecule has 3 aliphatic carbocycles. The Morgan fingerprint density at radius 1 is 1.23 bits per heavy atom. The van der Waals surface area contributed by atoms with Gasteiger partial charge in [0.2, 0.25) is 0 Å². The van der Waals surface area contributed by atoms with Gasteiger partial charge in [0.25, 0.3) is 5.91 Å². The van der Waals surface area contributed by atoms with Gasteiger partial charge in [-0.15, -0.1) is 12.4 Å². The average molecular weight is 453 g/mol. The minimum Gasteiger partial charge on any atom is -0.426 e. The molecule has 3 saturated carbocycles. The van der Waals surface area contributed by atoms with Gasteiger partial charge in [-0.3, -0.25) is 9.79 Å². The van der Waals surface area contributed by atoms with Crippen LogP contribution in [0.25, 0.3) is 0 Å². The van der Waals surface area contributed by atoms with Crippen molar-refractivity contribution in [2.75, 3.05) is 13.7 Å². The highest BCUT2D eigenvalue weighted by Crippen LogP contribution is 2.54. The Morgan fingerprint density at radius 3 is 2.42 bits per heavy atom. The molecule has 0 aliphatic heterocycles. The predicted octanol–water partition coefficient (Wildman–Crippen LogP) is 1.26. The molecule has 0 heterocycles. The number of carbonyl (C=O) groups excluding carboxylic acids is 1. The van der Waals surface area contributed by atoms with Crippen LogP contribution >= 0.6 is 12.4 Å². The minimum absolute atomic E-state index is 0. The lowest BCUT2D eigenvalue weighted by molar-refractivity contribution is -0.0955. The van der Waals surface area contributed by atoms with Crippen LogP contribution in [-0.2, 0) is 10.2 Å². The summed E-state index contributed by atoms with van der Waals surface area (Å²) in [5.41, 5.74) is 12.5. The van der Waals surface area contributed by atoms with E-state index in [0.29, 0.717) is 24.9 Å². The molecule has 0 unspecified atom stereocenters. The number of halogens is 1. The monoisotopic (exact) mass is 452 g/mol. The van der Waals surface area contributed by atoms with Crippen molar-refractivity contribution >= 4 is 31.4 Å². The Hall–Kier alpha value is -1.81. The topological polar surface area (TPSA) is 143 Å². The van der Waals surface area contributed by atoms with Crippen molar-refractivity contribution < 1.29 is 19.6 Å². The molecule has 10 heteroatoms. The Morgan fingerprint density at radius 2 is 1.87 bits per heavy atom. The molecule has 2 bridgehead atoms. The normalized spacial score (nSPS) is 25.3. The molecule has 31 heavy (non-hydrogen) atoms. The van der Waals surface area contributed by atoms with Crippen LogP contribution in [-0.4, -0.2) is 54.2 Å². The highest BCUT2D eigenvalue weighted by Gasteiger charge is 2.49. The van der Waals surface area contributed by atoms with Crippen molar-refractivity contribution in [3.8, 4) is 0 Å². The number of nitrogens with one attached hydrogen (secondary N) is 1. The SMILES string of the molecule is COC12CCC(c3cccc(C(=O)N[C@@H](CCCN=C(N)N)B(O)O)c3)(CC1)CC2.Cl. The summed E-state index contributed by atoms with van der Waals surface area (Å²) >= 11 is 0. The highest BCUT2D eigenvalue weighted by atomic mass is 35.5. The van der Waals surface area contributed by atoms with E-state index in [1.807, 2.05) is 19.2 Å². The third-order valence-electron chi connectivity index (χ3n) is 6.99. The molecule has 0 aromatic heterocycles. The molecule has 8 nitrogen and oxygen atoms in total. The van der Waals surface area contributed by atoms with Crippen LogP contribution in [0.1, 0.15) is 67.3 Å². The summed E-state index contributed by atoms with van der Waals surface area (Å²) in [6.45, 7) is 0.363. The lowest BCUT2D eigenvalue weighted by Gasteiger charge is -2.53. The van der Waals surface area contributed by atoms with Gasteiger partial charge in [-0.05, 0) is 74.5 Å². The van der Waals surface area contributed by atoms with Gasteiger partial charge in [-0.2, -0.15) is 0 Å². The van der Waals surface area contributed by atoms with Gasteiger partial charge in [0.15, 0.2) is 5.96 Å². The van der Waals surface area contributed by atoms with Crippen LogP contribution in [0.2, 0.25) is 0 Å². The number of benzene rings is 1.